The summed E-state index contributed by atoms with van der Waals surface area (Å²) in [4.78, 5) is 12.0. The van der Waals surface area contributed by atoms with E-state index in [1.165, 1.54) is 0 Å². The van der Waals surface area contributed by atoms with E-state index < -0.39 is 0 Å². The van der Waals surface area contributed by atoms with Crippen LogP contribution in [-0.2, 0) is 4.79 Å². The molecule has 0 radical (unpaired) electrons. The van der Waals surface area contributed by atoms with Crippen LogP contribution in [0.15, 0.2) is 54.6 Å². The number of amides is 1. The van der Waals surface area contributed by atoms with Crippen LogP contribution in [0.4, 0.5) is 0 Å². The summed E-state index contributed by atoms with van der Waals surface area (Å²) in [7, 11) is 0. The third-order valence-corrected chi connectivity index (χ3v) is 3.18. The van der Waals surface area contributed by atoms with Crippen molar-refractivity contribution in [3.05, 3.63) is 60.2 Å². The summed E-state index contributed by atoms with van der Waals surface area (Å²) in [5, 5.41) is 2.91. The lowest BCUT2D eigenvalue weighted by molar-refractivity contribution is -0.123. The second kappa shape index (κ2) is 8.08. The van der Waals surface area contributed by atoms with Gasteiger partial charge in [0.1, 0.15) is 0 Å². The summed E-state index contributed by atoms with van der Waals surface area (Å²) < 4.78 is 11.0. The van der Waals surface area contributed by atoms with Gasteiger partial charge in [-0.15, -0.1) is 0 Å². The number of carbonyl (C=O) groups is 1. The first-order chi connectivity index (χ1) is 10.7. The van der Waals surface area contributed by atoms with Crippen LogP contribution in [0.5, 0.6) is 11.5 Å². The van der Waals surface area contributed by atoms with Gasteiger partial charge in [0.25, 0.3) is 5.91 Å². The Kier molecular flexibility index (Phi) is 5.83. The smallest absolute Gasteiger partial charge is 0.258 e. The normalized spacial score (nSPS) is 11.5. The molecule has 2 rings (SSSR count). The van der Waals surface area contributed by atoms with Crippen LogP contribution >= 0.6 is 0 Å². The van der Waals surface area contributed by atoms with Crippen molar-refractivity contribution >= 4 is 5.91 Å². The molecule has 1 N–H and O–H groups in total. The zero-order valence-electron chi connectivity index (χ0n) is 12.9. The summed E-state index contributed by atoms with van der Waals surface area (Å²) in [5.41, 5.74) is 1.06. The SMILES string of the molecule is CCOc1ccccc1OCC(=O)N[C@H](C)c1ccccc1. The molecule has 116 valence electrons. The van der Waals surface area contributed by atoms with Crippen molar-refractivity contribution in [2.45, 2.75) is 19.9 Å². The molecule has 0 saturated carbocycles. The van der Waals surface area contributed by atoms with E-state index in [1.54, 1.807) is 6.07 Å². The minimum absolute atomic E-state index is 0.0404. The van der Waals surface area contributed by atoms with Crippen LogP contribution in [-0.4, -0.2) is 19.1 Å². The second-order valence-electron chi connectivity index (χ2n) is 4.87. The van der Waals surface area contributed by atoms with Crippen molar-refractivity contribution in [3.8, 4) is 11.5 Å². The van der Waals surface area contributed by atoms with E-state index in [1.807, 2.05) is 62.4 Å². The van der Waals surface area contributed by atoms with Gasteiger partial charge in [-0.2, -0.15) is 0 Å². The Morgan fingerprint density at radius 1 is 1.00 bits per heavy atom. The number of benzene rings is 2. The highest BCUT2D eigenvalue weighted by Crippen LogP contribution is 2.26. The highest BCUT2D eigenvalue weighted by atomic mass is 16.5. The van der Waals surface area contributed by atoms with E-state index in [-0.39, 0.29) is 18.6 Å². The van der Waals surface area contributed by atoms with Crippen LogP contribution in [0.1, 0.15) is 25.5 Å². The molecule has 1 amide bonds. The van der Waals surface area contributed by atoms with Crippen molar-refractivity contribution in [1.29, 1.82) is 0 Å². The first kappa shape index (κ1) is 15.9. The number of para-hydroxylation sites is 2. The van der Waals surface area contributed by atoms with Gasteiger partial charge in [0, 0.05) is 0 Å². The van der Waals surface area contributed by atoms with Gasteiger partial charge < -0.3 is 14.8 Å². The van der Waals surface area contributed by atoms with Crippen molar-refractivity contribution in [2.75, 3.05) is 13.2 Å². The number of hydrogen-bond acceptors (Lipinski definition) is 3. The van der Waals surface area contributed by atoms with E-state index in [9.17, 15) is 4.79 Å². The largest absolute Gasteiger partial charge is 0.490 e. The molecule has 0 aliphatic rings. The molecule has 0 bridgehead atoms. The Morgan fingerprint density at radius 2 is 1.59 bits per heavy atom. The zero-order chi connectivity index (χ0) is 15.8. The minimum Gasteiger partial charge on any atom is -0.490 e. The van der Waals surface area contributed by atoms with Crippen molar-refractivity contribution in [1.82, 2.24) is 5.32 Å². The topological polar surface area (TPSA) is 47.6 Å². The Labute approximate surface area is 131 Å². The first-order valence-electron chi connectivity index (χ1n) is 7.39. The molecule has 4 heteroatoms. The maximum Gasteiger partial charge on any atom is 0.258 e. The minimum atomic E-state index is -0.164. The molecule has 2 aromatic rings. The number of hydrogen-bond donors (Lipinski definition) is 1. The maximum atomic E-state index is 12.0. The number of nitrogens with one attached hydrogen (secondary N) is 1. The predicted octanol–water partition coefficient (Wildman–Crippen LogP) is 3.34. The number of rotatable bonds is 7. The zero-order valence-corrected chi connectivity index (χ0v) is 12.9. The van der Waals surface area contributed by atoms with Gasteiger partial charge in [-0.05, 0) is 31.5 Å². The number of ether oxygens (including phenoxy) is 2. The summed E-state index contributed by atoms with van der Waals surface area (Å²) >= 11 is 0. The lowest BCUT2D eigenvalue weighted by Crippen LogP contribution is -2.31. The second-order valence-corrected chi connectivity index (χ2v) is 4.87. The van der Waals surface area contributed by atoms with Gasteiger partial charge in [0.05, 0.1) is 12.6 Å². The Balaban J connectivity index is 1.88. The van der Waals surface area contributed by atoms with Crippen LogP contribution in [0.2, 0.25) is 0 Å². The molecule has 22 heavy (non-hydrogen) atoms. The van der Waals surface area contributed by atoms with Crippen LogP contribution in [0.3, 0.4) is 0 Å². The van der Waals surface area contributed by atoms with E-state index in [0.717, 1.165) is 5.56 Å². The van der Waals surface area contributed by atoms with E-state index in [0.29, 0.717) is 18.1 Å². The summed E-state index contributed by atoms with van der Waals surface area (Å²) in [6.07, 6.45) is 0. The fourth-order valence-corrected chi connectivity index (χ4v) is 2.10. The third kappa shape index (κ3) is 4.52. The summed E-state index contributed by atoms with van der Waals surface area (Å²) in [5.74, 6) is 1.06. The lowest BCUT2D eigenvalue weighted by atomic mass is 10.1. The van der Waals surface area contributed by atoms with Gasteiger partial charge in [-0.3, -0.25) is 4.79 Å². The fraction of sp³-hybridized carbons (Fsp3) is 0.278. The Morgan fingerprint density at radius 3 is 2.23 bits per heavy atom. The summed E-state index contributed by atoms with van der Waals surface area (Å²) in [6, 6.07) is 17.1. The Hall–Kier alpha value is -2.49. The van der Waals surface area contributed by atoms with E-state index >= 15 is 0 Å². The predicted molar refractivity (Wildman–Crippen MR) is 86.1 cm³/mol. The summed E-state index contributed by atoms with van der Waals surface area (Å²) in [6.45, 7) is 4.37. The molecule has 0 saturated heterocycles. The molecule has 0 aliphatic heterocycles. The highest BCUT2D eigenvalue weighted by molar-refractivity contribution is 5.78. The van der Waals surface area contributed by atoms with Crippen LogP contribution in [0.25, 0.3) is 0 Å². The average molecular weight is 299 g/mol. The first-order valence-corrected chi connectivity index (χ1v) is 7.39. The monoisotopic (exact) mass is 299 g/mol. The van der Waals surface area contributed by atoms with Crippen molar-refractivity contribution in [2.24, 2.45) is 0 Å². The van der Waals surface area contributed by atoms with E-state index in [4.69, 9.17) is 9.47 Å². The molecule has 0 heterocycles. The standard InChI is InChI=1S/C18H21NO3/c1-3-21-16-11-7-8-12-17(16)22-13-18(20)19-14(2)15-9-5-4-6-10-15/h4-12,14H,3,13H2,1-2H3,(H,19,20)/t14-/m1/s1. The fourth-order valence-electron chi connectivity index (χ4n) is 2.10. The molecule has 0 unspecified atom stereocenters. The molecule has 2 aromatic carbocycles. The van der Waals surface area contributed by atoms with Crippen molar-refractivity contribution in [3.63, 3.8) is 0 Å². The molecule has 0 spiro atoms. The molecule has 0 aliphatic carbocycles. The van der Waals surface area contributed by atoms with E-state index in [2.05, 4.69) is 5.32 Å². The quantitative estimate of drug-likeness (QED) is 0.853. The van der Waals surface area contributed by atoms with Crippen LogP contribution in [0, 0.1) is 0 Å². The van der Waals surface area contributed by atoms with Crippen molar-refractivity contribution < 1.29 is 14.3 Å². The van der Waals surface area contributed by atoms with Gasteiger partial charge in [-0.1, -0.05) is 42.5 Å². The molecular weight excluding hydrogens is 278 g/mol. The number of carbonyl (C=O) groups excluding carboxylic acids is 1. The molecular formula is C18H21NO3. The molecule has 4 nitrogen and oxygen atoms in total. The van der Waals surface area contributed by atoms with Gasteiger partial charge in [-0.25, -0.2) is 0 Å². The van der Waals surface area contributed by atoms with Gasteiger partial charge in [0.15, 0.2) is 18.1 Å². The molecule has 0 fully saturated rings. The van der Waals surface area contributed by atoms with Gasteiger partial charge >= 0.3 is 0 Å². The van der Waals surface area contributed by atoms with Crippen LogP contribution < -0.4 is 14.8 Å². The highest BCUT2D eigenvalue weighted by Gasteiger charge is 2.11. The molecule has 0 aromatic heterocycles. The Bertz CT molecular complexity index is 598. The third-order valence-electron chi connectivity index (χ3n) is 3.18. The lowest BCUT2D eigenvalue weighted by Gasteiger charge is -2.15. The average Bonchev–Trinajstić information content (AvgIpc) is 2.55. The maximum absolute atomic E-state index is 12.0. The van der Waals surface area contributed by atoms with Gasteiger partial charge in [0.2, 0.25) is 0 Å². The molecule has 1 atom stereocenters.